The number of nitrogens with one attached hydrogen (secondary N) is 2. The number of fused-ring (bicyclic) bond motifs is 1. The number of nitrogens with zero attached hydrogens (tertiary/aromatic N) is 3. The zero-order valence-corrected chi connectivity index (χ0v) is 15.2. The summed E-state index contributed by atoms with van der Waals surface area (Å²) in [6.45, 7) is 6.37. The van der Waals surface area contributed by atoms with Gasteiger partial charge >= 0.3 is 6.09 Å². The van der Waals surface area contributed by atoms with Crippen molar-refractivity contribution in [3.05, 3.63) is 30.4 Å². The van der Waals surface area contributed by atoms with E-state index in [0.29, 0.717) is 11.8 Å². The van der Waals surface area contributed by atoms with E-state index in [4.69, 9.17) is 4.74 Å². The van der Waals surface area contributed by atoms with Crippen LogP contribution >= 0.6 is 0 Å². The van der Waals surface area contributed by atoms with E-state index in [2.05, 4.69) is 20.6 Å². The lowest BCUT2D eigenvalue weighted by atomic mass is 9.91. The van der Waals surface area contributed by atoms with Crippen LogP contribution in [-0.2, 0) is 11.3 Å². The summed E-state index contributed by atoms with van der Waals surface area (Å²) in [5.41, 5.74) is 0.623. The van der Waals surface area contributed by atoms with Crippen molar-refractivity contribution in [1.82, 2.24) is 25.0 Å². The lowest BCUT2D eigenvalue weighted by Gasteiger charge is -2.31. The summed E-state index contributed by atoms with van der Waals surface area (Å²) >= 11 is 0. The van der Waals surface area contributed by atoms with Crippen LogP contribution in [0.15, 0.2) is 24.7 Å². The number of ether oxygens (including phenoxy) is 1. The molecule has 1 aliphatic carbocycles. The van der Waals surface area contributed by atoms with Crippen LogP contribution < -0.4 is 10.6 Å². The fourth-order valence-corrected chi connectivity index (χ4v) is 3.24. The van der Waals surface area contributed by atoms with Crippen molar-refractivity contribution in [3.8, 4) is 0 Å². The van der Waals surface area contributed by atoms with Gasteiger partial charge in [0.15, 0.2) is 0 Å². The third kappa shape index (κ3) is 4.92. The van der Waals surface area contributed by atoms with Gasteiger partial charge in [-0.3, -0.25) is 4.40 Å². The first-order chi connectivity index (χ1) is 11.9. The quantitative estimate of drug-likeness (QED) is 0.890. The second-order valence-electron chi connectivity index (χ2n) is 7.63. The smallest absolute Gasteiger partial charge is 0.407 e. The van der Waals surface area contributed by atoms with Crippen LogP contribution in [0.25, 0.3) is 5.78 Å². The highest BCUT2D eigenvalue weighted by atomic mass is 16.6. The van der Waals surface area contributed by atoms with Crippen LogP contribution in [0.4, 0.5) is 4.79 Å². The van der Waals surface area contributed by atoms with Crippen molar-refractivity contribution in [3.63, 3.8) is 0 Å². The van der Waals surface area contributed by atoms with Gasteiger partial charge in [-0.2, -0.15) is 0 Å². The maximum atomic E-state index is 12.0. The fraction of sp³-hybridized carbons (Fsp3) is 0.611. The van der Waals surface area contributed by atoms with Crippen molar-refractivity contribution in [2.75, 3.05) is 0 Å². The summed E-state index contributed by atoms with van der Waals surface area (Å²) in [6.07, 6.45) is 9.35. The van der Waals surface area contributed by atoms with Crippen LogP contribution in [0, 0.1) is 0 Å². The van der Waals surface area contributed by atoms with E-state index in [1.54, 1.807) is 6.20 Å². The second kappa shape index (κ2) is 7.39. The van der Waals surface area contributed by atoms with Gasteiger partial charge in [0.1, 0.15) is 5.60 Å². The topological polar surface area (TPSA) is 80.5 Å². The Labute approximate surface area is 148 Å². The molecule has 0 saturated heterocycles. The number of amides is 1. The standard InChI is InChI=1S/C18H27N5O2/c1-18(2,3)25-17(24)22-14-7-4-6-13(10-14)20-11-15-12-21-16-19-8-5-9-23(15)16/h5,8-9,12-14,20H,4,6-7,10-11H2,1-3H3,(H,22,24)/t13-,14+/m0/s1. The zero-order valence-electron chi connectivity index (χ0n) is 15.2. The van der Waals surface area contributed by atoms with Crippen LogP contribution in [0.2, 0.25) is 0 Å². The first-order valence-corrected chi connectivity index (χ1v) is 8.90. The Balaban J connectivity index is 1.51. The molecule has 3 rings (SSSR count). The second-order valence-corrected chi connectivity index (χ2v) is 7.63. The fourth-order valence-electron chi connectivity index (χ4n) is 3.24. The average Bonchev–Trinajstić information content (AvgIpc) is 2.94. The molecule has 1 fully saturated rings. The summed E-state index contributed by atoms with van der Waals surface area (Å²) in [5.74, 6) is 0.715. The van der Waals surface area contributed by atoms with Crippen molar-refractivity contribution < 1.29 is 9.53 Å². The highest BCUT2D eigenvalue weighted by Crippen LogP contribution is 2.20. The normalized spacial score (nSPS) is 21.2. The number of hydrogen-bond donors (Lipinski definition) is 2. The molecule has 2 heterocycles. The Kier molecular flexibility index (Phi) is 5.22. The first kappa shape index (κ1) is 17.7. The van der Waals surface area contributed by atoms with E-state index in [-0.39, 0.29) is 12.1 Å². The van der Waals surface area contributed by atoms with Crippen molar-refractivity contribution >= 4 is 11.9 Å². The minimum Gasteiger partial charge on any atom is -0.444 e. The molecule has 0 bridgehead atoms. The third-order valence-electron chi connectivity index (χ3n) is 4.33. The van der Waals surface area contributed by atoms with Crippen molar-refractivity contribution in [2.24, 2.45) is 0 Å². The molecule has 0 radical (unpaired) electrons. The Morgan fingerprint density at radius 2 is 2.12 bits per heavy atom. The predicted octanol–water partition coefficient (Wildman–Crippen LogP) is 2.65. The number of rotatable bonds is 4. The van der Waals surface area contributed by atoms with Gasteiger partial charge in [-0.1, -0.05) is 0 Å². The largest absolute Gasteiger partial charge is 0.444 e. The van der Waals surface area contributed by atoms with Gasteiger partial charge in [-0.05, 0) is 52.5 Å². The predicted molar refractivity (Wildman–Crippen MR) is 95.2 cm³/mol. The van der Waals surface area contributed by atoms with E-state index in [0.717, 1.165) is 37.9 Å². The molecule has 7 heteroatoms. The van der Waals surface area contributed by atoms with Gasteiger partial charge in [0, 0.05) is 31.0 Å². The molecule has 2 aromatic rings. The molecule has 25 heavy (non-hydrogen) atoms. The molecule has 1 amide bonds. The molecule has 1 aliphatic rings. The van der Waals surface area contributed by atoms with E-state index < -0.39 is 5.60 Å². The summed E-state index contributed by atoms with van der Waals surface area (Å²) in [6, 6.07) is 2.43. The Morgan fingerprint density at radius 3 is 2.92 bits per heavy atom. The van der Waals surface area contributed by atoms with Crippen molar-refractivity contribution in [2.45, 2.75) is 70.7 Å². The molecule has 0 aromatic carbocycles. The van der Waals surface area contributed by atoms with Gasteiger partial charge < -0.3 is 15.4 Å². The number of hydrogen-bond acceptors (Lipinski definition) is 5. The molecule has 2 N–H and O–H groups in total. The number of alkyl carbamates (subject to hydrolysis) is 1. The summed E-state index contributed by atoms with van der Waals surface area (Å²) in [7, 11) is 0. The molecule has 136 valence electrons. The molecular formula is C18H27N5O2. The van der Waals surface area contributed by atoms with Gasteiger partial charge in [0.05, 0.1) is 11.9 Å². The minimum absolute atomic E-state index is 0.157. The molecule has 2 atom stereocenters. The van der Waals surface area contributed by atoms with Gasteiger partial charge in [-0.15, -0.1) is 0 Å². The monoisotopic (exact) mass is 345 g/mol. The number of carbonyl (C=O) groups is 1. The van der Waals surface area contributed by atoms with E-state index in [1.165, 1.54) is 0 Å². The Bertz CT molecular complexity index is 722. The average molecular weight is 345 g/mol. The highest BCUT2D eigenvalue weighted by Gasteiger charge is 2.25. The molecule has 1 saturated carbocycles. The number of carbonyl (C=O) groups excluding carboxylic acids is 1. The van der Waals surface area contributed by atoms with Gasteiger partial charge in [0.25, 0.3) is 0 Å². The van der Waals surface area contributed by atoms with Crippen LogP contribution in [0.3, 0.4) is 0 Å². The summed E-state index contributed by atoms with van der Waals surface area (Å²) in [5, 5.41) is 6.59. The summed E-state index contributed by atoms with van der Waals surface area (Å²) in [4.78, 5) is 20.5. The van der Waals surface area contributed by atoms with Crippen molar-refractivity contribution in [1.29, 1.82) is 0 Å². The lowest BCUT2D eigenvalue weighted by molar-refractivity contribution is 0.0488. The molecule has 0 aliphatic heterocycles. The number of aromatic nitrogens is 3. The lowest BCUT2D eigenvalue weighted by Crippen LogP contribution is -2.45. The number of imidazole rings is 1. The van der Waals surface area contributed by atoms with E-state index in [9.17, 15) is 4.79 Å². The van der Waals surface area contributed by atoms with Gasteiger partial charge in [-0.25, -0.2) is 14.8 Å². The van der Waals surface area contributed by atoms with Crippen LogP contribution in [0.1, 0.15) is 52.1 Å². The SMILES string of the molecule is CC(C)(C)OC(=O)N[C@@H]1CCC[C@H](NCc2cnc3ncccn23)C1. The molecule has 0 unspecified atom stereocenters. The van der Waals surface area contributed by atoms with E-state index in [1.807, 2.05) is 43.6 Å². The van der Waals surface area contributed by atoms with E-state index >= 15 is 0 Å². The Hall–Kier alpha value is -2.15. The van der Waals surface area contributed by atoms with Crippen LogP contribution in [0.5, 0.6) is 0 Å². The summed E-state index contributed by atoms with van der Waals surface area (Å²) < 4.78 is 7.35. The zero-order chi connectivity index (χ0) is 17.9. The molecule has 7 nitrogen and oxygen atoms in total. The Morgan fingerprint density at radius 1 is 1.32 bits per heavy atom. The third-order valence-corrected chi connectivity index (χ3v) is 4.33. The molecule has 2 aromatic heterocycles. The maximum absolute atomic E-state index is 12.0. The minimum atomic E-state index is -0.465. The first-order valence-electron chi connectivity index (χ1n) is 8.90. The highest BCUT2D eigenvalue weighted by molar-refractivity contribution is 5.68. The van der Waals surface area contributed by atoms with Gasteiger partial charge in [0.2, 0.25) is 5.78 Å². The van der Waals surface area contributed by atoms with Crippen LogP contribution in [-0.4, -0.2) is 38.1 Å². The molecule has 0 spiro atoms. The maximum Gasteiger partial charge on any atom is 0.407 e. The molecular weight excluding hydrogens is 318 g/mol.